The second-order valence-electron chi connectivity index (χ2n) is 9.42. The van der Waals surface area contributed by atoms with E-state index < -0.39 is 6.04 Å². The number of rotatable bonds is 2. The molecular weight excluding hydrogens is 504 g/mol. The lowest BCUT2D eigenvalue weighted by Crippen LogP contribution is -2.58. The number of amides is 3. The quantitative estimate of drug-likeness (QED) is 0.542. The Morgan fingerprint density at radius 1 is 1.13 bits per heavy atom. The van der Waals surface area contributed by atoms with E-state index in [0.29, 0.717) is 49.9 Å². The third-order valence-electron chi connectivity index (χ3n) is 6.76. The van der Waals surface area contributed by atoms with Gasteiger partial charge in [0.25, 0.3) is 5.91 Å². The first-order valence-corrected chi connectivity index (χ1v) is 13.6. The number of carbonyl (C=O) groups excluding carboxylic acids is 3. The van der Waals surface area contributed by atoms with Gasteiger partial charge in [-0.15, -0.1) is 11.3 Å². The highest BCUT2D eigenvalue weighted by Gasteiger charge is 2.34. The van der Waals surface area contributed by atoms with Crippen LogP contribution in [0.5, 0.6) is 11.5 Å². The van der Waals surface area contributed by atoms with E-state index in [4.69, 9.17) is 9.47 Å². The summed E-state index contributed by atoms with van der Waals surface area (Å²) >= 11 is 1.37. The van der Waals surface area contributed by atoms with E-state index in [-0.39, 0.29) is 36.8 Å². The normalized spacial score (nSPS) is 20.7. The number of thiazole rings is 1. The van der Waals surface area contributed by atoms with Gasteiger partial charge in [0.05, 0.1) is 37.2 Å². The number of fused-ring (bicyclic) bond motifs is 5. The molecule has 1 fully saturated rings. The summed E-state index contributed by atoms with van der Waals surface area (Å²) < 4.78 is 12.4. The summed E-state index contributed by atoms with van der Waals surface area (Å²) in [5, 5.41) is 4.77. The van der Waals surface area contributed by atoms with Gasteiger partial charge in [-0.2, -0.15) is 0 Å². The lowest BCUT2D eigenvalue weighted by molar-refractivity contribution is -0.136. The Morgan fingerprint density at radius 2 is 1.89 bits per heavy atom. The number of hydrogen-bond donors (Lipinski definition) is 1. The maximum atomic E-state index is 13.1. The minimum atomic E-state index is -0.433. The fraction of sp³-hybridized carbons (Fsp3) is 0.357. The van der Waals surface area contributed by atoms with E-state index in [1.807, 2.05) is 55.5 Å². The second kappa shape index (κ2) is 11.7. The van der Waals surface area contributed by atoms with Crippen LogP contribution < -0.4 is 10.1 Å². The van der Waals surface area contributed by atoms with Crippen molar-refractivity contribution in [3.63, 3.8) is 0 Å². The van der Waals surface area contributed by atoms with Crippen LogP contribution in [0.1, 0.15) is 35.0 Å². The molecule has 10 heteroatoms. The standard InChI is InChI=1S/C28H30N4O5S/c1-2-31-15-26(33)30-23-14-32(28(35)24-17-38-18-29-24)10-9-25(23)36-16-20-6-4-8-22(12-20)37-21-7-3-5-19(11-21)13-27(31)34/h3-8,11-12,17-18,23,25H,2,9-10,13-16H2,1H3,(H,30,33)/t23-,25-/m0/s1. The van der Waals surface area contributed by atoms with Crippen molar-refractivity contribution in [3.8, 4) is 11.5 Å². The number of nitrogens with one attached hydrogen (secondary N) is 1. The van der Waals surface area contributed by atoms with Crippen LogP contribution in [-0.4, -0.2) is 70.8 Å². The van der Waals surface area contributed by atoms with Gasteiger partial charge in [0.1, 0.15) is 17.2 Å². The van der Waals surface area contributed by atoms with Gasteiger partial charge in [-0.05, 0) is 48.7 Å². The minimum Gasteiger partial charge on any atom is -0.457 e. The molecule has 1 N–H and O–H groups in total. The number of likely N-dealkylation sites (tertiary alicyclic amines) is 1. The molecule has 9 nitrogen and oxygen atoms in total. The van der Waals surface area contributed by atoms with Gasteiger partial charge in [0.15, 0.2) is 0 Å². The molecule has 1 saturated heterocycles. The topological polar surface area (TPSA) is 101 Å². The van der Waals surface area contributed by atoms with Gasteiger partial charge < -0.3 is 24.6 Å². The number of likely N-dealkylation sites (N-methyl/N-ethyl adjacent to an activating group) is 1. The largest absolute Gasteiger partial charge is 0.457 e. The molecule has 1 aromatic heterocycles. The van der Waals surface area contributed by atoms with Crippen LogP contribution in [0.25, 0.3) is 0 Å². The molecule has 0 saturated carbocycles. The molecule has 0 radical (unpaired) electrons. The predicted octanol–water partition coefficient (Wildman–Crippen LogP) is 3.26. The Morgan fingerprint density at radius 3 is 2.63 bits per heavy atom. The molecule has 0 unspecified atom stereocenters. The average Bonchev–Trinajstić information content (AvgIpc) is 3.46. The number of carbonyl (C=O) groups is 3. The summed E-state index contributed by atoms with van der Waals surface area (Å²) in [6.45, 7) is 3.28. The summed E-state index contributed by atoms with van der Waals surface area (Å²) in [6, 6.07) is 14.6. The molecule has 2 atom stereocenters. The average molecular weight is 535 g/mol. The second-order valence-corrected chi connectivity index (χ2v) is 10.1. The van der Waals surface area contributed by atoms with Crippen molar-refractivity contribution in [2.45, 2.75) is 38.5 Å². The molecule has 0 spiro atoms. The van der Waals surface area contributed by atoms with Gasteiger partial charge in [0.2, 0.25) is 11.8 Å². The zero-order valence-corrected chi connectivity index (χ0v) is 22.0. The lowest BCUT2D eigenvalue weighted by Gasteiger charge is -2.38. The highest BCUT2D eigenvalue weighted by molar-refractivity contribution is 7.07. The van der Waals surface area contributed by atoms with E-state index >= 15 is 0 Å². The first kappa shape index (κ1) is 25.9. The van der Waals surface area contributed by atoms with Crippen LogP contribution in [-0.2, 0) is 27.4 Å². The Kier molecular flexibility index (Phi) is 8.00. The molecular formula is C28H30N4O5S. The van der Waals surface area contributed by atoms with Crippen LogP contribution in [0, 0.1) is 0 Å². The highest BCUT2D eigenvalue weighted by atomic mass is 32.1. The van der Waals surface area contributed by atoms with Crippen LogP contribution in [0.3, 0.4) is 0 Å². The summed E-state index contributed by atoms with van der Waals surface area (Å²) in [6.07, 6.45) is 0.405. The number of benzene rings is 2. The van der Waals surface area contributed by atoms with E-state index in [0.717, 1.165) is 11.1 Å². The van der Waals surface area contributed by atoms with Crippen LogP contribution >= 0.6 is 11.3 Å². The smallest absolute Gasteiger partial charge is 0.273 e. The van der Waals surface area contributed by atoms with Crippen LogP contribution in [0.15, 0.2) is 59.4 Å². The maximum Gasteiger partial charge on any atom is 0.273 e. The van der Waals surface area contributed by atoms with E-state index in [9.17, 15) is 14.4 Å². The van der Waals surface area contributed by atoms with Crippen molar-refractivity contribution >= 4 is 29.1 Å². The molecule has 0 aliphatic carbocycles. The predicted molar refractivity (Wildman–Crippen MR) is 142 cm³/mol. The molecule has 3 heterocycles. The third kappa shape index (κ3) is 6.20. The van der Waals surface area contributed by atoms with Gasteiger partial charge in [-0.3, -0.25) is 14.4 Å². The first-order chi connectivity index (χ1) is 18.5. The number of nitrogens with zero attached hydrogens (tertiary/aromatic N) is 3. The number of hydrogen-bond acceptors (Lipinski definition) is 7. The van der Waals surface area contributed by atoms with Crippen molar-refractivity contribution in [2.24, 2.45) is 0 Å². The molecule has 2 aromatic carbocycles. The Balaban J connectivity index is 1.40. The number of ether oxygens (including phenoxy) is 2. The van der Waals surface area contributed by atoms with Gasteiger partial charge >= 0.3 is 0 Å². The highest BCUT2D eigenvalue weighted by Crippen LogP contribution is 2.25. The SMILES string of the molecule is CCN1CC(=O)N[C@H]2CN(C(=O)c3cscn3)CC[C@@H]2OCc2cccc(c2)Oc2cccc(c2)CC1=O. The molecule has 3 aromatic rings. The third-order valence-corrected chi connectivity index (χ3v) is 7.34. The molecule has 198 valence electrons. The Labute approximate surface area is 225 Å². The van der Waals surface area contributed by atoms with Crippen molar-refractivity contribution in [3.05, 3.63) is 76.2 Å². The molecule has 38 heavy (non-hydrogen) atoms. The van der Waals surface area contributed by atoms with E-state index in [1.54, 1.807) is 15.8 Å². The maximum absolute atomic E-state index is 13.1. The Bertz CT molecular complexity index is 1300. The molecule has 2 aliphatic heterocycles. The summed E-state index contributed by atoms with van der Waals surface area (Å²) in [7, 11) is 0. The van der Waals surface area contributed by atoms with Crippen LogP contribution in [0.4, 0.5) is 0 Å². The molecule has 5 rings (SSSR count). The van der Waals surface area contributed by atoms with E-state index in [2.05, 4.69) is 10.3 Å². The van der Waals surface area contributed by atoms with Gasteiger partial charge in [0, 0.05) is 25.0 Å². The number of aromatic nitrogens is 1. The fourth-order valence-corrected chi connectivity index (χ4v) is 5.30. The lowest BCUT2D eigenvalue weighted by atomic mass is 10.0. The van der Waals surface area contributed by atoms with Crippen molar-refractivity contribution in [1.82, 2.24) is 20.1 Å². The summed E-state index contributed by atoms with van der Waals surface area (Å²) in [4.78, 5) is 46.5. The van der Waals surface area contributed by atoms with Gasteiger partial charge in [-0.25, -0.2) is 4.98 Å². The summed E-state index contributed by atoms with van der Waals surface area (Å²) in [5.74, 6) is 0.700. The summed E-state index contributed by atoms with van der Waals surface area (Å²) in [5.41, 5.74) is 3.76. The molecule has 2 aliphatic rings. The van der Waals surface area contributed by atoms with Crippen molar-refractivity contribution < 1.29 is 23.9 Å². The zero-order chi connectivity index (χ0) is 26.5. The monoisotopic (exact) mass is 534 g/mol. The van der Waals surface area contributed by atoms with Crippen molar-refractivity contribution in [1.29, 1.82) is 0 Å². The first-order valence-electron chi connectivity index (χ1n) is 12.7. The molecule has 4 bridgehead atoms. The Hall–Kier alpha value is -3.76. The van der Waals surface area contributed by atoms with Gasteiger partial charge in [-0.1, -0.05) is 24.3 Å². The van der Waals surface area contributed by atoms with E-state index in [1.165, 1.54) is 16.2 Å². The van der Waals surface area contributed by atoms with Crippen LogP contribution in [0.2, 0.25) is 0 Å². The zero-order valence-electron chi connectivity index (χ0n) is 21.2. The van der Waals surface area contributed by atoms with Crippen molar-refractivity contribution in [2.75, 3.05) is 26.2 Å². The number of piperidine rings is 1. The minimum absolute atomic E-state index is 0.0739. The fourth-order valence-electron chi connectivity index (χ4n) is 4.78. The molecule has 3 amide bonds.